The first-order valence-corrected chi connectivity index (χ1v) is 9.31. The second-order valence-electron chi connectivity index (χ2n) is 6.08. The minimum Gasteiger partial charge on any atom is -0.347 e. The monoisotopic (exact) mass is 380 g/mol. The summed E-state index contributed by atoms with van der Waals surface area (Å²) >= 11 is 1.44. The SMILES string of the molecule is Cc1cccc(NC(=O)Nc2cccc(CNC(=O)c3csc(C)n3)c2)c1. The Bertz CT molecular complexity index is 968. The van der Waals surface area contributed by atoms with Gasteiger partial charge in [-0.2, -0.15) is 0 Å². The zero-order valence-electron chi connectivity index (χ0n) is 15.1. The molecule has 0 saturated carbocycles. The fourth-order valence-corrected chi connectivity index (χ4v) is 3.11. The number of rotatable bonds is 5. The number of carbonyl (C=O) groups excluding carboxylic acids is 2. The van der Waals surface area contributed by atoms with Gasteiger partial charge >= 0.3 is 6.03 Å². The van der Waals surface area contributed by atoms with Crippen molar-refractivity contribution in [3.05, 3.63) is 75.7 Å². The highest BCUT2D eigenvalue weighted by atomic mass is 32.1. The Hall–Kier alpha value is -3.19. The molecule has 6 nitrogen and oxygen atoms in total. The Morgan fingerprint density at radius 1 is 1.00 bits per heavy atom. The van der Waals surface area contributed by atoms with Gasteiger partial charge in [-0.1, -0.05) is 24.3 Å². The molecule has 0 fully saturated rings. The quantitative estimate of drug-likeness (QED) is 0.616. The van der Waals surface area contributed by atoms with Crippen molar-refractivity contribution in [2.45, 2.75) is 20.4 Å². The summed E-state index contributed by atoms with van der Waals surface area (Å²) in [5.74, 6) is -0.213. The van der Waals surface area contributed by atoms with Crippen LogP contribution < -0.4 is 16.0 Å². The Labute approximate surface area is 161 Å². The maximum atomic E-state index is 12.2. The van der Waals surface area contributed by atoms with E-state index in [4.69, 9.17) is 0 Å². The first-order valence-electron chi connectivity index (χ1n) is 8.43. The maximum Gasteiger partial charge on any atom is 0.323 e. The second-order valence-corrected chi connectivity index (χ2v) is 7.15. The standard InChI is InChI=1S/C20H20N4O2S/c1-13-5-3-7-16(9-13)23-20(26)24-17-8-4-6-15(10-17)11-21-19(25)18-12-27-14(2)22-18/h3-10,12H,11H2,1-2H3,(H,21,25)(H2,23,24,26). The predicted octanol–water partition coefficient (Wildman–Crippen LogP) is 4.33. The van der Waals surface area contributed by atoms with Crippen molar-refractivity contribution < 1.29 is 9.59 Å². The van der Waals surface area contributed by atoms with Gasteiger partial charge in [0.2, 0.25) is 0 Å². The fraction of sp³-hybridized carbons (Fsp3) is 0.150. The van der Waals surface area contributed by atoms with E-state index < -0.39 is 0 Å². The van der Waals surface area contributed by atoms with E-state index >= 15 is 0 Å². The van der Waals surface area contributed by atoms with Crippen LogP contribution in [-0.4, -0.2) is 16.9 Å². The molecule has 3 aromatic rings. The van der Waals surface area contributed by atoms with Crippen LogP contribution in [0.25, 0.3) is 0 Å². The van der Waals surface area contributed by atoms with Crippen LogP contribution in [-0.2, 0) is 6.54 Å². The number of hydrogen-bond acceptors (Lipinski definition) is 4. The van der Waals surface area contributed by atoms with Crippen molar-refractivity contribution in [2.75, 3.05) is 10.6 Å². The lowest BCUT2D eigenvalue weighted by atomic mass is 10.2. The molecule has 0 spiro atoms. The van der Waals surface area contributed by atoms with Crippen molar-refractivity contribution in [1.29, 1.82) is 0 Å². The molecule has 7 heteroatoms. The van der Waals surface area contributed by atoms with Gasteiger partial charge in [-0.25, -0.2) is 9.78 Å². The number of urea groups is 1. The summed E-state index contributed by atoms with van der Waals surface area (Å²) in [7, 11) is 0. The van der Waals surface area contributed by atoms with E-state index in [1.807, 2.05) is 56.3 Å². The van der Waals surface area contributed by atoms with Crippen LogP contribution in [0.15, 0.2) is 53.9 Å². The Balaban J connectivity index is 1.56. The van der Waals surface area contributed by atoms with Crippen LogP contribution in [0.5, 0.6) is 0 Å². The van der Waals surface area contributed by atoms with E-state index in [1.165, 1.54) is 11.3 Å². The topological polar surface area (TPSA) is 83.1 Å². The predicted molar refractivity (Wildman–Crippen MR) is 108 cm³/mol. The van der Waals surface area contributed by atoms with E-state index in [0.717, 1.165) is 21.8 Å². The summed E-state index contributed by atoms with van der Waals surface area (Å²) in [4.78, 5) is 28.4. The number of aromatic nitrogens is 1. The highest BCUT2D eigenvalue weighted by Gasteiger charge is 2.09. The first kappa shape index (κ1) is 18.6. The molecule has 3 N–H and O–H groups in total. The van der Waals surface area contributed by atoms with Crippen LogP contribution in [0, 0.1) is 13.8 Å². The Morgan fingerprint density at radius 3 is 2.37 bits per heavy atom. The number of nitrogens with zero attached hydrogens (tertiary/aromatic N) is 1. The van der Waals surface area contributed by atoms with Gasteiger partial charge in [0.1, 0.15) is 5.69 Å². The van der Waals surface area contributed by atoms with Gasteiger partial charge in [0.15, 0.2) is 0 Å². The molecule has 0 bridgehead atoms. The molecule has 3 amide bonds. The summed E-state index contributed by atoms with van der Waals surface area (Å²) < 4.78 is 0. The molecule has 0 atom stereocenters. The van der Waals surface area contributed by atoms with E-state index in [1.54, 1.807) is 11.4 Å². The van der Waals surface area contributed by atoms with Gasteiger partial charge in [0, 0.05) is 23.3 Å². The molecule has 2 aromatic carbocycles. The van der Waals surface area contributed by atoms with Crippen LogP contribution in [0.3, 0.4) is 0 Å². The van der Waals surface area contributed by atoms with Crippen molar-refractivity contribution in [3.8, 4) is 0 Å². The highest BCUT2D eigenvalue weighted by Crippen LogP contribution is 2.14. The molecule has 0 aliphatic heterocycles. The van der Waals surface area contributed by atoms with Crippen molar-refractivity contribution >= 4 is 34.6 Å². The molecule has 138 valence electrons. The van der Waals surface area contributed by atoms with Crippen LogP contribution in [0.1, 0.15) is 26.6 Å². The molecular formula is C20H20N4O2S. The molecular weight excluding hydrogens is 360 g/mol. The summed E-state index contributed by atoms with van der Waals surface area (Å²) in [5.41, 5.74) is 3.75. The molecule has 3 rings (SSSR count). The molecule has 0 saturated heterocycles. The molecule has 1 heterocycles. The van der Waals surface area contributed by atoms with E-state index in [-0.39, 0.29) is 11.9 Å². The average molecular weight is 380 g/mol. The molecule has 0 radical (unpaired) electrons. The average Bonchev–Trinajstić information content (AvgIpc) is 3.06. The second kappa shape index (κ2) is 8.46. The molecule has 0 aliphatic rings. The number of nitrogens with one attached hydrogen (secondary N) is 3. The van der Waals surface area contributed by atoms with Gasteiger partial charge < -0.3 is 16.0 Å². The maximum absolute atomic E-state index is 12.2. The summed E-state index contributed by atoms with van der Waals surface area (Å²) in [6, 6.07) is 14.6. The van der Waals surface area contributed by atoms with Crippen LogP contribution >= 0.6 is 11.3 Å². The van der Waals surface area contributed by atoms with Crippen molar-refractivity contribution in [3.63, 3.8) is 0 Å². The minimum absolute atomic E-state index is 0.213. The fourth-order valence-electron chi connectivity index (χ4n) is 2.52. The number of hydrogen-bond donors (Lipinski definition) is 3. The van der Waals surface area contributed by atoms with Gasteiger partial charge in [-0.05, 0) is 49.2 Å². The normalized spacial score (nSPS) is 10.3. The Morgan fingerprint density at radius 2 is 1.70 bits per heavy atom. The number of anilines is 2. The molecule has 27 heavy (non-hydrogen) atoms. The summed E-state index contributed by atoms with van der Waals surface area (Å²) in [5, 5.41) is 11.0. The van der Waals surface area contributed by atoms with Gasteiger partial charge in [0.05, 0.1) is 5.01 Å². The lowest BCUT2D eigenvalue weighted by Gasteiger charge is -2.10. The highest BCUT2D eigenvalue weighted by molar-refractivity contribution is 7.09. The third kappa shape index (κ3) is 5.39. The molecule has 1 aromatic heterocycles. The zero-order valence-corrected chi connectivity index (χ0v) is 15.9. The zero-order chi connectivity index (χ0) is 19.2. The van der Waals surface area contributed by atoms with Crippen LogP contribution in [0.4, 0.5) is 16.2 Å². The number of benzene rings is 2. The number of thiazole rings is 1. The minimum atomic E-state index is -0.320. The summed E-state index contributed by atoms with van der Waals surface area (Å²) in [6.07, 6.45) is 0. The van der Waals surface area contributed by atoms with Crippen molar-refractivity contribution in [2.24, 2.45) is 0 Å². The van der Waals surface area contributed by atoms with E-state index in [2.05, 4.69) is 20.9 Å². The van der Waals surface area contributed by atoms with Gasteiger partial charge in [0.25, 0.3) is 5.91 Å². The lowest BCUT2D eigenvalue weighted by Crippen LogP contribution is -2.23. The number of amides is 3. The third-order valence-electron chi connectivity index (χ3n) is 3.77. The van der Waals surface area contributed by atoms with E-state index in [9.17, 15) is 9.59 Å². The molecule has 0 unspecified atom stereocenters. The Kier molecular flexibility index (Phi) is 5.83. The smallest absolute Gasteiger partial charge is 0.323 e. The van der Waals surface area contributed by atoms with Gasteiger partial charge in [-0.3, -0.25) is 4.79 Å². The number of aryl methyl sites for hydroxylation is 2. The van der Waals surface area contributed by atoms with Gasteiger partial charge in [-0.15, -0.1) is 11.3 Å². The number of carbonyl (C=O) groups is 2. The first-order chi connectivity index (χ1) is 13.0. The lowest BCUT2D eigenvalue weighted by molar-refractivity contribution is 0.0946. The van der Waals surface area contributed by atoms with Crippen LogP contribution in [0.2, 0.25) is 0 Å². The van der Waals surface area contributed by atoms with E-state index in [0.29, 0.717) is 17.9 Å². The summed E-state index contributed by atoms with van der Waals surface area (Å²) in [6.45, 7) is 4.18. The molecule has 0 aliphatic carbocycles. The third-order valence-corrected chi connectivity index (χ3v) is 4.54. The largest absolute Gasteiger partial charge is 0.347 e. The van der Waals surface area contributed by atoms with Crippen molar-refractivity contribution in [1.82, 2.24) is 10.3 Å².